The van der Waals surface area contributed by atoms with Crippen LogP contribution >= 0.6 is 0 Å². The number of non-ortho nitro benzene ring substituents is 1. The second-order valence-corrected chi connectivity index (χ2v) is 4.96. The van der Waals surface area contributed by atoms with Gasteiger partial charge < -0.3 is 10.1 Å². The van der Waals surface area contributed by atoms with Crippen LogP contribution in [0.5, 0.6) is 0 Å². The van der Waals surface area contributed by atoms with Crippen molar-refractivity contribution in [3.63, 3.8) is 0 Å². The van der Waals surface area contributed by atoms with E-state index in [1.54, 1.807) is 13.0 Å². The van der Waals surface area contributed by atoms with E-state index in [9.17, 15) is 14.9 Å². The molecule has 1 aromatic carbocycles. The molecule has 0 aliphatic heterocycles. The summed E-state index contributed by atoms with van der Waals surface area (Å²) in [4.78, 5) is 22.3. The van der Waals surface area contributed by atoms with Crippen molar-refractivity contribution in [1.82, 2.24) is 0 Å². The van der Waals surface area contributed by atoms with Crippen LogP contribution in [0.1, 0.15) is 32.3 Å². The molecule has 0 aliphatic carbocycles. The van der Waals surface area contributed by atoms with Gasteiger partial charge in [-0.3, -0.25) is 10.1 Å². The van der Waals surface area contributed by atoms with Gasteiger partial charge in [0.2, 0.25) is 0 Å². The number of carbonyl (C=O) groups is 1. The summed E-state index contributed by atoms with van der Waals surface area (Å²) < 4.78 is 4.82. The van der Waals surface area contributed by atoms with E-state index in [0.29, 0.717) is 12.1 Å². The van der Waals surface area contributed by atoms with E-state index in [4.69, 9.17) is 4.74 Å². The van der Waals surface area contributed by atoms with Gasteiger partial charge in [-0.1, -0.05) is 19.4 Å². The molecule has 0 aliphatic rings. The first-order chi connectivity index (χ1) is 9.34. The van der Waals surface area contributed by atoms with Crippen LogP contribution in [0.25, 0.3) is 0 Å². The second-order valence-electron chi connectivity index (χ2n) is 4.96. The lowest BCUT2D eigenvalue weighted by molar-refractivity contribution is -0.384. The topological polar surface area (TPSA) is 81.5 Å². The summed E-state index contributed by atoms with van der Waals surface area (Å²) in [6.07, 6.45) is 1.36. The van der Waals surface area contributed by atoms with Gasteiger partial charge in [-0.2, -0.15) is 0 Å². The number of nitro groups is 1. The summed E-state index contributed by atoms with van der Waals surface area (Å²) in [5.41, 5.74) is 0.493. The highest BCUT2D eigenvalue weighted by Gasteiger charge is 2.34. The fraction of sp³-hybridized carbons (Fsp3) is 0.500. The number of benzene rings is 1. The third-order valence-corrected chi connectivity index (χ3v) is 3.23. The number of nitrogens with one attached hydrogen (secondary N) is 1. The number of methoxy groups -OCH3 is 1. The van der Waals surface area contributed by atoms with E-state index < -0.39 is 10.5 Å². The molecular formula is C14H20N2O4. The quantitative estimate of drug-likeness (QED) is 0.492. The first-order valence-electron chi connectivity index (χ1n) is 6.45. The molecule has 110 valence electrons. The van der Waals surface area contributed by atoms with Gasteiger partial charge >= 0.3 is 5.97 Å². The first-order valence-corrected chi connectivity index (χ1v) is 6.45. The Morgan fingerprint density at radius 1 is 1.50 bits per heavy atom. The summed E-state index contributed by atoms with van der Waals surface area (Å²) in [6.45, 7) is 5.53. The number of anilines is 1. The van der Waals surface area contributed by atoms with Crippen molar-refractivity contribution >= 4 is 17.3 Å². The first kappa shape index (κ1) is 15.9. The number of carbonyl (C=O) groups excluding carboxylic acids is 1. The van der Waals surface area contributed by atoms with Crippen molar-refractivity contribution in [3.8, 4) is 0 Å². The highest BCUT2D eigenvalue weighted by molar-refractivity contribution is 5.84. The third kappa shape index (κ3) is 3.46. The molecule has 6 nitrogen and oxygen atoms in total. The van der Waals surface area contributed by atoms with E-state index in [1.165, 1.54) is 19.2 Å². The zero-order valence-electron chi connectivity index (χ0n) is 12.2. The minimum Gasteiger partial charge on any atom is -0.467 e. The molecule has 1 aromatic rings. The van der Waals surface area contributed by atoms with Crippen molar-refractivity contribution in [1.29, 1.82) is 0 Å². The molecule has 20 heavy (non-hydrogen) atoms. The maximum atomic E-state index is 11.9. The van der Waals surface area contributed by atoms with E-state index in [2.05, 4.69) is 5.32 Å². The Balaban J connectivity index is 3.13. The lowest BCUT2D eigenvalue weighted by Gasteiger charge is -2.29. The molecule has 0 bridgehead atoms. The lowest BCUT2D eigenvalue weighted by Crippen LogP contribution is -2.44. The Morgan fingerprint density at radius 3 is 2.65 bits per heavy atom. The van der Waals surface area contributed by atoms with Crippen molar-refractivity contribution in [2.75, 3.05) is 12.4 Å². The average molecular weight is 280 g/mol. The van der Waals surface area contributed by atoms with E-state index in [-0.39, 0.29) is 11.7 Å². The fourth-order valence-electron chi connectivity index (χ4n) is 2.10. The average Bonchev–Trinajstić information content (AvgIpc) is 2.40. The molecule has 1 unspecified atom stereocenters. The van der Waals surface area contributed by atoms with Crippen LogP contribution in [0.3, 0.4) is 0 Å². The Hall–Kier alpha value is -2.11. The number of nitrogens with zero attached hydrogens (tertiary/aromatic N) is 1. The molecule has 0 saturated heterocycles. The molecule has 1 rings (SSSR count). The number of hydrogen-bond acceptors (Lipinski definition) is 5. The zero-order chi connectivity index (χ0) is 15.3. The Kier molecular flexibility index (Phi) is 5.07. The summed E-state index contributed by atoms with van der Waals surface area (Å²) in [5, 5.41) is 13.9. The highest BCUT2D eigenvalue weighted by atomic mass is 16.6. The molecular weight excluding hydrogens is 260 g/mol. The van der Waals surface area contributed by atoms with E-state index in [1.807, 2.05) is 13.8 Å². The highest BCUT2D eigenvalue weighted by Crippen LogP contribution is 2.27. The maximum absolute atomic E-state index is 11.9. The number of aryl methyl sites for hydroxylation is 1. The van der Waals surface area contributed by atoms with Crippen LogP contribution in [0.2, 0.25) is 0 Å². The summed E-state index contributed by atoms with van der Waals surface area (Å²) >= 11 is 0. The zero-order valence-corrected chi connectivity index (χ0v) is 12.2. The van der Waals surface area contributed by atoms with Gasteiger partial charge in [0, 0.05) is 17.8 Å². The van der Waals surface area contributed by atoms with Crippen LogP contribution < -0.4 is 5.32 Å². The second kappa shape index (κ2) is 6.36. The van der Waals surface area contributed by atoms with E-state index >= 15 is 0 Å². The Bertz CT molecular complexity index is 516. The SMILES string of the molecule is CCCC(C)(Nc1cc([N+](=O)[O-])ccc1C)C(=O)OC. The third-order valence-electron chi connectivity index (χ3n) is 3.23. The minimum atomic E-state index is -0.899. The number of rotatable bonds is 6. The van der Waals surface area contributed by atoms with Gasteiger partial charge in [-0.15, -0.1) is 0 Å². The van der Waals surface area contributed by atoms with Crippen LogP contribution in [0.4, 0.5) is 11.4 Å². The Morgan fingerprint density at radius 2 is 2.15 bits per heavy atom. The molecule has 1 atom stereocenters. The predicted octanol–water partition coefficient (Wildman–Crippen LogP) is 3.05. The predicted molar refractivity (Wildman–Crippen MR) is 76.8 cm³/mol. The van der Waals surface area contributed by atoms with Crippen LogP contribution in [-0.2, 0) is 9.53 Å². The summed E-state index contributed by atoms with van der Waals surface area (Å²) in [5.74, 6) is -0.384. The van der Waals surface area contributed by atoms with Gasteiger partial charge in [0.25, 0.3) is 5.69 Å². The molecule has 0 fully saturated rings. The molecule has 0 saturated carbocycles. The standard InChI is InChI=1S/C14H20N2O4/c1-5-8-14(3,13(17)20-4)15-12-9-11(16(18)19)7-6-10(12)2/h6-7,9,15H,5,8H2,1-4H3. The van der Waals surface area contributed by atoms with Gasteiger partial charge in [-0.05, 0) is 25.8 Å². The molecule has 1 N–H and O–H groups in total. The number of hydrogen-bond donors (Lipinski definition) is 1. The maximum Gasteiger partial charge on any atom is 0.331 e. The van der Waals surface area contributed by atoms with Crippen LogP contribution in [0.15, 0.2) is 18.2 Å². The van der Waals surface area contributed by atoms with E-state index in [0.717, 1.165) is 12.0 Å². The largest absolute Gasteiger partial charge is 0.467 e. The number of esters is 1. The van der Waals surface area contributed by atoms with Gasteiger partial charge in [0.05, 0.1) is 12.0 Å². The number of ether oxygens (including phenoxy) is 1. The fourth-order valence-corrected chi connectivity index (χ4v) is 2.10. The smallest absolute Gasteiger partial charge is 0.331 e. The molecule has 0 radical (unpaired) electrons. The van der Waals surface area contributed by atoms with Gasteiger partial charge in [0.15, 0.2) is 0 Å². The normalized spacial score (nSPS) is 13.4. The molecule has 0 amide bonds. The van der Waals surface area contributed by atoms with Crippen LogP contribution in [0, 0.1) is 17.0 Å². The molecule has 6 heteroatoms. The van der Waals surface area contributed by atoms with Crippen molar-refractivity contribution in [2.45, 2.75) is 39.2 Å². The summed E-state index contributed by atoms with van der Waals surface area (Å²) in [7, 11) is 1.33. The molecule has 0 spiro atoms. The van der Waals surface area contributed by atoms with Gasteiger partial charge in [-0.25, -0.2) is 4.79 Å². The number of nitro benzene ring substituents is 1. The van der Waals surface area contributed by atoms with Crippen molar-refractivity contribution in [2.24, 2.45) is 0 Å². The van der Waals surface area contributed by atoms with Crippen LogP contribution in [-0.4, -0.2) is 23.5 Å². The summed E-state index contributed by atoms with van der Waals surface area (Å²) in [6, 6.07) is 4.53. The molecule has 0 aromatic heterocycles. The lowest BCUT2D eigenvalue weighted by atomic mass is 9.95. The monoisotopic (exact) mass is 280 g/mol. The van der Waals surface area contributed by atoms with Crippen molar-refractivity contribution < 1.29 is 14.5 Å². The van der Waals surface area contributed by atoms with Gasteiger partial charge in [0.1, 0.15) is 5.54 Å². The minimum absolute atomic E-state index is 0.0122. The molecule has 0 heterocycles. The Labute approximate surface area is 118 Å². The van der Waals surface area contributed by atoms with Crippen molar-refractivity contribution in [3.05, 3.63) is 33.9 Å².